The van der Waals surface area contributed by atoms with Crippen LogP contribution in [0.25, 0.3) is 0 Å². The molecule has 6 heteroatoms. The van der Waals surface area contributed by atoms with Crippen molar-refractivity contribution in [3.63, 3.8) is 0 Å². The molecule has 0 bridgehead atoms. The zero-order chi connectivity index (χ0) is 13.8. The number of hydrogen-bond acceptors (Lipinski definition) is 3. The summed E-state index contributed by atoms with van der Waals surface area (Å²) in [6.07, 6.45) is 2.42. The summed E-state index contributed by atoms with van der Waals surface area (Å²) in [5.74, 6) is -2.15. The molecule has 2 aromatic rings. The lowest BCUT2D eigenvalue weighted by atomic mass is 10.2. The van der Waals surface area contributed by atoms with Crippen LogP contribution in [0.5, 0.6) is 0 Å². The first kappa shape index (κ1) is 13.0. The van der Waals surface area contributed by atoms with E-state index in [1.165, 1.54) is 12.1 Å². The second-order valence-corrected chi connectivity index (χ2v) is 4.06. The molecule has 0 atom stereocenters. The second-order valence-electron chi connectivity index (χ2n) is 4.06. The Morgan fingerprint density at radius 2 is 2.11 bits per heavy atom. The van der Waals surface area contributed by atoms with Gasteiger partial charge in [-0.15, -0.1) is 0 Å². The number of benzene rings is 1. The van der Waals surface area contributed by atoms with E-state index in [0.717, 1.165) is 5.69 Å². The maximum atomic E-state index is 13.6. The van der Waals surface area contributed by atoms with Gasteiger partial charge < -0.3 is 5.32 Å². The molecular formula is C13H12F2N4. The van der Waals surface area contributed by atoms with Crippen LogP contribution in [0.3, 0.4) is 0 Å². The topological polar surface area (TPSA) is 53.6 Å². The van der Waals surface area contributed by atoms with Gasteiger partial charge in [-0.25, -0.2) is 8.78 Å². The third kappa shape index (κ3) is 2.88. The van der Waals surface area contributed by atoms with Crippen molar-refractivity contribution < 1.29 is 8.78 Å². The maximum Gasteiger partial charge on any atom is 0.183 e. The van der Waals surface area contributed by atoms with Gasteiger partial charge in [0.1, 0.15) is 6.07 Å². The summed E-state index contributed by atoms with van der Waals surface area (Å²) in [5, 5.41) is 15.5. The lowest BCUT2D eigenvalue weighted by molar-refractivity contribution is 0.508. The van der Waals surface area contributed by atoms with E-state index >= 15 is 0 Å². The first-order valence-corrected chi connectivity index (χ1v) is 5.72. The van der Waals surface area contributed by atoms with Crippen molar-refractivity contribution in [2.75, 3.05) is 11.9 Å². The number of anilines is 1. The largest absolute Gasteiger partial charge is 0.382 e. The molecule has 19 heavy (non-hydrogen) atoms. The van der Waals surface area contributed by atoms with Crippen LogP contribution in [-0.2, 0) is 13.5 Å². The van der Waals surface area contributed by atoms with E-state index < -0.39 is 11.6 Å². The van der Waals surface area contributed by atoms with Crippen LogP contribution in [0.2, 0.25) is 0 Å². The SMILES string of the molecule is Cn1ccc(CCNc2ccc(C#N)c(F)c2F)n1. The Bertz CT molecular complexity index is 628. The van der Waals surface area contributed by atoms with E-state index in [1.807, 2.05) is 19.3 Å². The Kier molecular flexibility index (Phi) is 3.76. The van der Waals surface area contributed by atoms with Crippen LogP contribution < -0.4 is 5.32 Å². The quantitative estimate of drug-likeness (QED) is 0.919. The molecule has 1 aromatic carbocycles. The molecule has 0 saturated heterocycles. The highest BCUT2D eigenvalue weighted by Gasteiger charge is 2.12. The number of halogens is 2. The summed E-state index contributed by atoms with van der Waals surface area (Å²) in [5.41, 5.74) is 0.615. The van der Waals surface area contributed by atoms with E-state index in [1.54, 1.807) is 10.8 Å². The average Bonchev–Trinajstić information content (AvgIpc) is 2.81. The van der Waals surface area contributed by atoms with Crippen molar-refractivity contribution in [3.8, 4) is 6.07 Å². The summed E-state index contributed by atoms with van der Waals surface area (Å²) in [7, 11) is 1.81. The zero-order valence-corrected chi connectivity index (χ0v) is 10.3. The lowest BCUT2D eigenvalue weighted by Crippen LogP contribution is -2.08. The van der Waals surface area contributed by atoms with Gasteiger partial charge in [0.15, 0.2) is 11.6 Å². The molecule has 0 amide bonds. The van der Waals surface area contributed by atoms with Gasteiger partial charge in [0, 0.05) is 26.2 Å². The maximum absolute atomic E-state index is 13.6. The standard InChI is InChI=1S/C13H12F2N4/c1-19-7-5-10(18-19)4-6-17-11-3-2-9(8-16)12(14)13(11)15/h2-3,5,7,17H,4,6H2,1H3. The van der Waals surface area contributed by atoms with Crippen LogP contribution in [0.4, 0.5) is 14.5 Å². The monoisotopic (exact) mass is 262 g/mol. The van der Waals surface area contributed by atoms with Crippen LogP contribution in [-0.4, -0.2) is 16.3 Å². The normalized spacial score (nSPS) is 10.2. The molecule has 0 aliphatic heterocycles. The summed E-state index contributed by atoms with van der Waals surface area (Å²) >= 11 is 0. The summed E-state index contributed by atoms with van der Waals surface area (Å²) in [6, 6.07) is 6.06. The van der Waals surface area contributed by atoms with Gasteiger partial charge in [-0.2, -0.15) is 10.4 Å². The number of aromatic nitrogens is 2. The van der Waals surface area contributed by atoms with Crippen molar-refractivity contribution in [1.29, 1.82) is 5.26 Å². The molecule has 0 aliphatic carbocycles. The van der Waals surface area contributed by atoms with Crippen molar-refractivity contribution >= 4 is 5.69 Å². The van der Waals surface area contributed by atoms with E-state index in [2.05, 4.69) is 10.4 Å². The first-order valence-electron chi connectivity index (χ1n) is 5.72. The molecule has 98 valence electrons. The fourth-order valence-electron chi connectivity index (χ4n) is 1.69. The molecule has 0 fully saturated rings. The van der Waals surface area contributed by atoms with Gasteiger partial charge in [-0.05, 0) is 18.2 Å². The van der Waals surface area contributed by atoms with Gasteiger partial charge >= 0.3 is 0 Å². The Morgan fingerprint density at radius 3 is 2.74 bits per heavy atom. The fourth-order valence-corrected chi connectivity index (χ4v) is 1.69. The first-order chi connectivity index (χ1) is 9.11. The smallest absolute Gasteiger partial charge is 0.183 e. The number of aryl methyl sites for hydroxylation is 1. The Morgan fingerprint density at radius 1 is 1.32 bits per heavy atom. The summed E-state index contributed by atoms with van der Waals surface area (Å²) in [6.45, 7) is 0.430. The number of nitriles is 1. The van der Waals surface area contributed by atoms with Crippen molar-refractivity contribution in [1.82, 2.24) is 9.78 Å². The van der Waals surface area contributed by atoms with Crippen LogP contribution in [0.15, 0.2) is 24.4 Å². The van der Waals surface area contributed by atoms with Gasteiger partial charge in [0.25, 0.3) is 0 Å². The van der Waals surface area contributed by atoms with E-state index in [0.29, 0.717) is 13.0 Å². The molecule has 0 saturated carbocycles. The Balaban J connectivity index is 2.00. The number of nitrogens with one attached hydrogen (secondary N) is 1. The Labute approximate surface area is 109 Å². The minimum atomic E-state index is -1.12. The molecule has 1 heterocycles. The second kappa shape index (κ2) is 5.48. The minimum absolute atomic E-state index is 0.0485. The van der Waals surface area contributed by atoms with Gasteiger partial charge in [-0.3, -0.25) is 4.68 Å². The predicted octanol–water partition coefficient (Wildman–Crippen LogP) is 2.22. The molecular weight excluding hydrogens is 250 g/mol. The number of rotatable bonds is 4. The highest BCUT2D eigenvalue weighted by atomic mass is 19.2. The molecule has 0 aliphatic rings. The fraction of sp³-hybridized carbons (Fsp3) is 0.231. The molecule has 1 aromatic heterocycles. The van der Waals surface area contributed by atoms with E-state index in [9.17, 15) is 8.78 Å². The molecule has 2 rings (SSSR count). The van der Waals surface area contributed by atoms with Gasteiger partial charge in [0.2, 0.25) is 0 Å². The van der Waals surface area contributed by atoms with Crippen molar-refractivity contribution in [3.05, 3.63) is 47.3 Å². The average molecular weight is 262 g/mol. The number of nitrogens with zero attached hydrogens (tertiary/aromatic N) is 3. The third-order valence-electron chi connectivity index (χ3n) is 2.67. The van der Waals surface area contributed by atoms with Crippen molar-refractivity contribution in [2.24, 2.45) is 7.05 Å². The Hall–Kier alpha value is -2.42. The zero-order valence-electron chi connectivity index (χ0n) is 10.3. The highest BCUT2D eigenvalue weighted by molar-refractivity contribution is 5.49. The summed E-state index contributed by atoms with van der Waals surface area (Å²) in [4.78, 5) is 0. The van der Waals surface area contributed by atoms with Gasteiger partial charge in [-0.1, -0.05) is 0 Å². The molecule has 0 radical (unpaired) electrons. The lowest BCUT2D eigenvalue weighted by Gasteiger charge is -2.07. The van der Waals surface area contributed by atoms with Crippen LogP contribution in [0, 0.1) is 23.0 Å². The molecule has 0 spiro atoms. The predicted molar refractivity (Wildman–Crippen MR) is 66.5 cm³/mol. The minimum Gasteiger partial charge on any atom is -0.382 e. The van der Waals surface area contributed by atoms with Crippen LogP contribution >= 0.6 is 0 Å². The van der Waals surface area contributed by atoms with E-state index in [4.69, 9.17) is 5.26 Å². The van der Waals surface area contributed by atoms with E-state index in [-0.39, 0.29) is 11.3 Å². The molecule has 4 nitrogen and oxygen atoms in total. The summed E-state index contributed by atoms with van der Waals surface area (Å²) < 4.78 is 28.6. The number of hydrogen-bond donors (Lipinski definition) is 1. The van der Waals surface area contributed by atoms with Crippen molar-refractivity contribution in [2.45, 2.75) is 6.42 Å². The van der Waals surface area contributed by atoms with Gasteiger partial charge in [0.05, 0.1) is 16.9 Å². The third-order valence-corrected chi connectivity index (χ3v) is 2.67. The van der Waals surface area contributed by atoms with Crippen LogP contribution in [0.1, 0.15) is 11.3 Å². The molecule has 0 unspecified atom stereocenters. The highest BCUT2D eigenvalue weighted by Crippen LogP contribution is 2.20. The molecule has 1 N–H and O–H groups in total.